The molecule has 24 heavy (non-hydrogen) atoms. The molecule has 1 atom stereocenters. The molecule has 4 heteroatoms. The van der Waals surface area contributed by atoms with Crippen LogP contribution >= 0.6 is 0 Å². The highest BCUT2D eigenvalue weighted by atomic mass is 16.5. The fourth-order valence-electron chi connectivity index (χ4n) is 4.27. The highest BCUT2D eigenvalue weighted by molar-refractivity contribution is 5.63. The molecule has 4 nitrogen and oxygen atoms in total. The lowest BCUT2D eigenvalue weighted by atomic mass is 9.72. The van der Waals surface area contributed by atoms with Crippen LogP contribution in [0, 0.1) is 11.3 Å². The van der Waals surface area contributed by atoms with Crippen LogP contribution in [0.15, 0.2) is 0 Å². The van der Waals surface area contributed by atoms with E-state index in [-0.39, 0.29) is 23.2 Å². The van der Waals surface area contributed by atoms with Crippen LogP contribution in [-0.2, 0) is 6.42 Å². The van der Waals surface area contributed by atoms with Crippen molar-refractivity contribution in [1.29, 1.82) is 5.26 Å². The van der Waals surface area contributed by atoms with Crippen molar-refractivity contribution >= 4 is 0 Å². The molecule has 0 saturated heterocycles. The summed E-state index contributed by atoms with van der Waals surface area (Å²) in [4.78, 5) is 0. The normalized spacial score (nSPS) is 19.6. The van der Waals surface area contributed by atoms with Crippen molar-refractivity contribution in [3.8, 4) is 17.6 Å². The van der Waals surface area contributed by atoms with Gasteiger partial charge in [0.25, 0.3) is 0 Å². The van der Waals surface area contributed by atoms with Gasteiger partial charge in [-0.25, -0.2) is 0 Å². The lowest BCUT2D eigenvalue weighted by Gasteiger charge is -2.47. The SMILES string of the molecule is CC(C)c1c(O)c(C(C)C)c(C(O)C#N)c2c1CCC1(CCC1)O2. The van der Waals surface area contributed by atoms with Crippen LogP contribution in [0.3, 0.4) is 0 Å². The average Bonchev–Trinajstić information content (AvgIpc) is 2.50. The molecular weight excluding hydrogens is 302 g/mol. The Hall–Kier alpha value is -1.73. The summed E-state index contributed by atoms with van der Waals surface area (Å²) >= 11 is 0. The molecule has 1 aromatic carbocycles. The van der Waals surface area contributed by atoms with Crippen molar-refractivity contribution in [2.75, 3.05) is 0 Å². The topological polar surface area (TPSA) is 73.5 Å². The van der Waals surface area contributed by atoms with Gasteiger partial charge in [0, 0.05) is 22.3 Å². The first-order valence-electron chi connectivity index (χ1n) is 8.99. The zero-order chi connectivity index (χ0) is 17.6. The molecule has 2 N–H and O–H groups in total. The smallest absolute Gasteiger partial charge is 0.169 e. The van der Waals surface area contributed by atoms with E-state index < -0.39 is 6.10 Å². The Morgan fingerprint density at radius 1 is 1.04 bits per heavy atom. The number of aromatic hydroxyl groups is 1. The maximum atomic E-state index is 10.9. The van der Waals surface area contributed by atoms with Gasteiger partial charge in [0.05, 0.1) is 6.07 Å². The number of phenolic OH excluding ortho intramolecular Hbond substituents is 1. The summed E-state index contributed by atoms with van der Waals surface area (Å²) in [6, 6.07) is 1.93. The number of aliphatic hydroxyl groups is 1. The summed E-state index contributed by atoms with van der Waals surface area (Å²) in [5.41, 5.74) is 2.90. The van der Waals surface area contributed by atoms with Crippen molar-refractivity contribution in [2.45, 2.75) is 83.3 Å². The van der Waals surface area contributed by atoms with E-state index in [1.807, 2.05) is 19.9 Å². The minimum absolute atomic E-state index is 0.00586. The third kappa shape index (κ3) is 2.46. The third-order valence-electron chi connectivity index (χ3n) is 5.61. The van der Waals surface area contributed by atoms with Crippen LogP contribution in [0.1, 0.15) is 93.6 Å². The molecule has 1 aliphatic heterocycles. The lowest BCUT2D eigenvalue weighted by Crippen LogP contribution is -2.46. The maximum Gasteiger partial charge on any atom is 0.169 e. The number of benzene rings is 1. The van der Waals surface area contributed by atoms with E-state index in [0.29, 0.717) is 16.9 Å². The zero-order valence-corrected chi connectivity index (χ0v) is 15.0. The van der Waals surface area contributed by atoms with E-state index >= 15 is 0 Å². The fourth-order valence-corrected chi connectivity index (χ4v) is 4.27. The molecular formula is C20H27NO3. The number of nitrogens with zero attached hydrogens (tertiary/aromatic N) is 1. The molecule has 1 saturated carbocycles. The molecule has 0 amide bonds. The highest BCUT2D eigenvalue weighted by Gasteiger charge is 2.45. The van der Waals surface area contributed by atoms with E-state index in [9.17, 15) is 15.5 Å². The molecule has 0 aromatic heterocycles. The second-order valence-electron chi connectivity index (χ2n) is 7.88. The van der Waals surface area contributed by atoms with E-state index in [2.05, 4.69) is 13.8 Å². The largest absolute Gasteiger partial charge is 0.507 e. The number of phenols is 1. The predicted octanol–water partition coefficient (Wildman–Crippen LogP) is 4.44. The van der Waals surface area contributed by atoms with Gasteiger partial charge in [-0.15, -0.1) is 0 Å². The third-order valence-corrected chi connectivity index (χ3v) is 5.61. The zero-order valence-electron chi connectivity index (χ0n) is 15.0. The molecule has 1 heterocycles. The molecule has 1 aromatic rings. The quantitative estimate of drug-likeness (QED) is 0.804. The van der Waals surface area contributed by atoms with Gasteiger partial charge in [-0.05, 0) is 43.9 Å². The Morgan fingerprint density at radius 3 is 2.12 bits per heavy atom. The lowest BCUT2D eigenvalue weighted by molar-refractivity contribution is -0.0273. The minimum Gasteiger partial charge on any atom is -0.507 e. The van der Waals surface area contributed by atoms with Crippen molar-refractivity contribution in [1.82, 2.24) is 0 Å². The van der Waals surface area contributed by atoms with E-state index in [4.69, 9.17) is 4.74 Å². The number of aliphatic hydroxyl groups excluding tert-OH is 1. The van der Waals surface area contributed by atoms with Crippen LogP contribution in [0.2, 0.25) is 0 Å². The predicted molar refractivity (Wildman–Crippen MR) is 92.4 cm³/mol. The van der Waals surface area contributed by atoms with Crippen LogP contribution in [0.4, 0.5) is 0 Å². The van der Waals surface area contributed by atoms with Gasteiger partial charge in [-0.2, -0.15) is 5.26 Å². The molecule has 1 aliphatic carbocycles. The van der Waals surface area contributed by atoms with Crippen LogP contribution in [-0.4, -0.2) is 15.8 Å². The average molecular weight is 329 g/mol. The summed E-state index contributed by atoms with van der Waals surface area (Å²) < 4.78 is 6.42. The number of ether oxygens (including phenoxy) is 1. The number of fused-ring (bicyclic) bond motifs is 1. The summed E-state index contributed by atoms with van der Waals surface area (Å²) in [7, 11) is 0. The van der Waals surface area contributed by atoms with Crippen molar-refractivity contribution in [3.05, 3.63) is 22.3 Å². The van der Waals surface area contributed by atoms with E-state index in [0.717, 1.165) is 43.2 Å². The van der Waals surface area contributed by atoms with Crippen LogP contribution < -0.4 is 4.74 Å². The summed E-state index contributed by atoms with van der Waals surface area (Å²) in [5, 5.41) is 30.6. The summed E-state index contributed by atoms with van der Waals surface area (Å²) in [5.74, 6) is 1.05. The summed E-state index contributed by atoms with van der Waals surface area (Å²) in [6.45, 7) is 8.07. The van der Waals surface area contributed by atoms with Gasteiger partial charge in [-0.3, -0.25) is 0 Å². The standard InChI is InChI=1S/C20H27NO3/c1-11(2)15-13-6-9-20(7-5-8-20)24-19(13)17(14(22)10-21)16(12(3)4)18(15)23/h11-12,14,22-23H,5-9H2,1-4H3. The highest BCUT2D eigenvalue weighted by Crippen LogP contribution is 2.53. The van der Waals surface area contributed by atoms with Gasteiger partial charge in [-0.1, -0.05) is 27.7 Å². The fraction of sp³-hybridized carbons (Fsp3) is 0.650. The first-order valence-corrected chi connectivity index (χ1v) is 8.99. The van der Waals surface area contributed by atoms with Crippen molar-refractivity contribution < 1.29 is 14.9 Å². The van der Waals surface area contributed by atoms with Crippen LogP contribution in [0.25, 0.3) is 0 Å². The molecule has 2 aliphatic rings. The van der Waals surface area contributed by atoms with Gasteiger partial charge in [0.2, 0.25) is 0 Å². The van der Waals surface area contributed by atoms with E-state index in [1.54, 1.807) is 0 Å². The Bertz CT molecular complexity index is 696. The van der Waals surface area contributed by atoms with Gasteiger partial charge in [0.15, 0.2) is 6.10 Å². The molecule has 1 unspecified atom stereocenters. The Morgan fingerprint density at radius 2 is 1.67 bits per heavy atom. The number of rotatable bonds is 3. The second kappa shape index (κ2) is 5.97. The minimum atomic E-state index is -1.28. The first kappa shape index (κ1) is 17.1. The molecule has 1 fully saturated rings. The number of nitriles is 1. The van der Waals surface area contributed by atoms with Gasteiger partial charge in [0.1, 0.15) is 17.1 Å². The molecule has 0 bridgehead atoms. The monoisotopic (exact) mass is 329 g/mol. The van der Waals surface area contributed by atoms with Crippen molar-refractivity contribution in [3.63, 3.8) is 0 Å². The molecule has 3 rings (SSSR count). The van der Waals surface area contributed by atoms with Gasteiger partial charge < -0.3 is 14.9 Å². The molecule has 0 radical (unpaired) electrons. The number of hydrogen-bond acceptors (Lipinski definition) is 4. The molecule has 1 spiro atoms. The number of hydrogen-bond donors (Lipinski definition) is 2. The van der Waals surface area contributed by atoms with Gasteiger partial charge >= 0.3 is 0 Å². The van der Waals surface area contributed by atoms with E-state index in [1.165, 1.54) is 0 Å². The van der Waals surface area contributed by atoms with Crippen LogP contribution in [0.5, 0.6) is 11.5 Å². The summed E-state index contributed by atoms with van der Waals surface area (Å²) in [6.07, 6.45) is 3.73. The second-order valence-corrected chi connectivity index (χ2v) is 7.88. The van der Waals surface area contributed by atoms with Crippen molar-refractivity contribution in [2.24, 2.45) is 0 Å². The maximum absolute atomic E-state index is 10.9. The first-order chi connectivity index (χ1) is 11.3. The Balaban J connectivity index is 2.31. The Labute approximate surface area is 144 Å². The molecule has 130 valence electrons. The Kier molecular flexibility index (Phi) is 4.25.